The zero-order valence-corrected chi connectivity index (χ0v) is 20.4. The van der Waals surface area contributed by atoms with Gasteiger partial charge >= 0.3 is 0 Å². The van der Waals surface area contributed by atoms with E-state index in [1.165, 1.54) is 18.6 Å². The van der Waals surface area contributed by atoms with E-state index in [2.05, 4.69) is 20.3 Å². The summed E-state index contributed by atoms with van der Waals surface area (Å²) < 4.78 is 0. The van der Waals surface area contributed by atoms with Gasteiger partial charge in [0.25, 0.3) is 11.8 Å². The summed E-state index contributed by atoms with van der Waals surface area (Å²) in [5.41, 5.74) is 3.16. The molecule has 3 heterocycles. The second-order valence-electron chi connectivity index (χ2n) is 8.70. The normalized spacial score (nSPS) is 15.2. The molecule has 1 aliphatic heterocycles. The molecule has 9 heteroatoms. The minimum atomic E-state index is -0.678. The van der Waals surface area contributed by atoms with Crippen molar-refractivity contribution in [2.45, 2.75) is 25.4 Å². The van der Waals surface area contributed by atoms with Gasteiger partial charge < -0.3 is 10.2 Å². The van der Waals surface area contributed by atoms with Crippen molar-refractivity contribution in [3.8, 4) is 0 Å². The number of carbonyl (C=O) groups is 3. The van der Waals surface area contributed by atoms with Gasteiger partial charge in [-0.2, -0.15) is 0 Å². The molecule has 0 spiro atoms. The molecular formula is C28H22ClN5O3. The number of hydrogen-bond acceptors (Lipinski definition) is 6. The number of ketones is 1. The Morgan fingerprint density at radius 3 is 2.51 bits per heavy atom. The Bertz CT molecular complexity index is 1450. The van der Waals surface area contributed by atoms with Crippen LogP contribution >= 0.6 is 11.6 Å². The summed E-state index contributed by atoms with van der Waals surface area (Å²) in [6.07, 6.45) is 8.31. The fourth-order valence-electron chi connectivity index (χ4n) is 4.35. The highest BCUT2D eigenvalue weighted by atomic mass is 35.5. The van der Waals surface area contributed by atoms with Crippen LogP contribution in [-0.2, 0) is 24.2 Å². The second-order valence-corrected chi connectivity index (χ2v) is 9.14. The van der Waals surface area contributed by atoms with Crippen LogP contribution < -0.4 is 5.32 Å². The average molecular weight is 512 g/mol. The second kappa shape index (κ2) is 10.7. The quantitative estimate of drug-likeness (QED) is 0.417. The number of halogens is 1. The smallest absolute Gasteiger partial charge is 0.256 e. The first-order chi connectivity index (χ1) is 18.0. The number of carbonyl (C=O) groups excluding carboxylic acids is 3. The standard InChI is InChI=1S/C28H22ClN5O3/c29-22-7-8-23-21(13-22)14-25(35)24(12-19-2-1-9-30-15-19)34(28(23)37)17-18-3-5-20(6-4-18)27(36)33-26-16-31-10-11-32-26/h1-11,13,15-16,24H,12,14,17H2,(H,32,33,36)/t24-/m1/s1. The van der Waals surface area contributed by atoms with Gasteiger partial charge in [-0.05, 0) is 53.1 Å². The number of rotatable bonds is 6. The van der Waals surface area contributed by atoms with Crippen LogP contribution in [0.3, 0.4) is 0 Å². The van der Waals surface area contributed by atoms with Gasteiger partial charge in [-0.25, -0.2) is 4.98 Å². The van der Waals surface area contributed by atoms with Crippen molar-refractivity contribution in [2.75, 3.05) is 5.32 Å². The Labute approximate surface area is 218 Å². The lowest BCUT2D eigenvalue weighted by molar-refractivity contribution is -0.122. The van der Waals surface area contributed by atoms with Crippen molar-refractivity contribution < 1.29 is 14.4 Å². The molecule has 1 aliphatic rings. The summed E-state index contributed by atoms with van der Waals surface area (Å²) in [5.74, 6) is -0.287. The topological polar surface area (TPSA) is 105 Å². The van der Waals surface area contributed by atoms with Crippen LogP contribution in [-0.4, -0.2) is 43.5 Å². The minimum absolute atomic E-state index is 0.0711. The monoisotopic (exact) mass is 511 g/mol. The zero-order chi connectivity index (χ0) is 25.8. The first kappa shape index (κ1) is 24.3. The third kappa shape index (κ3) is 5.54. The molecule has 1 atom stereocenters. The van der Waals surface area contributed by atoms with E-state index in [4.69, 9.17) is 11.6 Å². The van der Waals surface area contributed by atoms with Crippen molar-refractivity contribution in [1.29, 1.82) is 0 Å². The molecule has 5 rings (SSSR count). The van der Waals surface area contributed by atoms with Crippen molar-refractivity contribution in [1.82, 2.24) is 19.9 Å². The van der Waals surface area contributed by atoms with E-state index < -0.39 is 6.04 Å². The first-order valence-corrected chi connectivity index (χ1v) is 12.0. The maximum absolute atomic E-state index is 13.7. The molecule has 2 aromatic carbocycles. The van der Waals surface area contributed by atoms with Crippen LogP contribution in [0.2, 0.25) is 5.02 Å². The van der Waals surface area contributed by atoms with Crippen molar-refractivity contribution in [2.24, 2.45) is 0 Å². The molecule has 0 saturated carbocycles. The largest absolute Gasteiger partial charge is 0.324 e. The van der Waals surface area contributed by atoms with Crippen molar-refractivity contribution >= 4 is 35.0 Å². The number of aromatic nitrogens is 3. The summed E-state index contributed by atoms with van der Waals surface area (Å²) in [5, 5.41) is 3.17. The average Bonchev–Trinajstić information content (AvgIpc) is 3.00. The molecule has 0 fully saturated rings. The van der Waals surface area contributed by atoms with Gasteiger partial charge in [-0.1, -0.05) is 29.8 Å². The highest BCUT2D eigenvalue weighted by Crippen LogP contribution is 2.27. The molecule has 8 nitrogen and oxygen atoms in total. The molecule has 184 valence electrons. The van der Waals surface area contributed by atoms with Gasteiger partial charge in [-0.15, -0.1) is 0 Å². The number of anilines is 1. The fourth-order valence-corrected chi connectivity index (χ4v) is 4.55. The number of Topliss-reactive ketones (excluding diaryl/α,β-unsaturated/α-hetero) is 1. The Kier molecular flexibility index (Phi) is 7.00. The van der Waals surface area contributed by atoms with E-state index in [1.54, 1.807) is 59.8 Å². The molecule has 37 heavy (non-hydrogen) atoms. The lowest BCUT2D eigenvalue weighted by atomic mass is 9.98. The van der Waals surface area contributed by atoms with Gasteiger partial charge in [0.1, 0.15) is 0 Å². The van der Waals surface area contributed by atoms with E-state index in [0.717, 1.165) is 11.1 Å². The van der Waals surface area contributed by atoms with Crippen LogP contribution in [0.1, 0.15) is 37.4 Å². The summed E-state index contributed by atoms with van der Waals surface area (Å²) in [4.78, 5) is 53.5. The highest BCUT2D eigenvalue weighted by molar-refractivity contribution is 6.30. The third-order valence-electron chi connectivity index (χ3n) is 6.20. The lowest BCUT2D eigenvalue weighted by Crippen LogP contribution is -2.44. The molecule has 0 bridgehead atoms. The molecule has 0 radical (unpaired) electrons. The molecule has 0 saturated heterocycles. The molecule has 4 aromatic rings. The third-order valence-corrected chi connectivity index (χ3v) is 6.43. The molecule has 0 unspecified atom stereocenters. The molecular weight excluding hydrogens is 490 g/mol. The van der Waals surface area contributed by atoms with Gasteiger partial charge in [0.05, 0.1) is 12.2 Å². The number of pyridine rings is 1. The first-order valence-electron chi connectivity index (χ1n) is 11.7. The van der Waals surface area contributed by atoms with E-state index in [9.17, 15) is 14.4 Å². The predicted molar refractivity (Wildman–Crippen MR) is 138 cm³/mol. The van der Waals surface area contributed by atoms with Crippen LogP contribution in [0.5, 0.6) is 0 Å². The minimum Gasteiger partial charge on any atom is -0.324 e. The van der Waals surface area contributed by atoms with E-state index in [-0.39, 0.29) is 30.6 Å². The van der Waals surface area contributed by atoms with Crippen LogP contribution in [0.25, 0.3) is 0 Å². The maximum Gasteiger partial charge on any atom is 0.256 e. The van der Waals surface area contributed by atoms with Crippen molar-refractivity contribution in [3.05, 3.63) is 118 Å². The maximum atomic E-state index is 13.7. The van der Waals surface area contributed by atoms with Crippen LogP contribution in [0.4, 0.5) is 5.82 Å². The van der Waals surface area contributed by atoms with Gasteiger partial charge in [0, 0.05) is 60.3 Å². The number of hydrogen-bond donors (Lipinski definition) is 1. The SMILES string of the molecule is O=C(Nc1cnccn1)c1ccc(CN2C(=O)c3ccc(Cl)cc3CC(=O)[C@H]2Cc2cccnc2)cc1. The number of nitrogens with one attached hydrogen (secondary N) is 1. The Balaban J connectivity index is 1.42. The Morgan fingerprint density at radius 1 is 0.973 bits per heavy atom. The number of benzene rings is 2. The molecule has 1 N–H and O–H groups in total. The summed E-state index contributed by atoms with van der Waals surface area (Å²) >= 11 is 6.16. The van der Waals surface area contributed by atoms with E-state index >= 15 is 0 Å². The van der Waals surface area contributed by atoms with E-state index in [0.29, 0.717) is 34.0 Å². The van der Waals surface area contributed by atoms with Crippen LogP contribution in [0, 0.1) is 0 Å². The predicted octanol–water partition coefficient (Wildman–Crippen LogP) is 4.16. The summed E-state index contributed by atoms with van der Waals surface area (Å²) in [6, 6.07) is 14.9. The van der Waals surface area contributed by atoms with Crippen LogP contribution in [0.15, 0.2) is 85.6 Å². The van der Waals surface area contributed by atoms with Gasteiger partial charge in [-0.3, -0.25) is 24.4 Å². The molecule has 0 aliphatic carbocycles. The van der Waals surface area contributed by atoms with Gasteiger partial charge in [0.15, 0.2) is 11.6 Å². The number of fused-ring (bicyclic) bond motifs is 1. The lowest BCUT2D eigenvalue weighted by Gasteiger charge is -2.29. The Hall–Kier alpha value is -4.43. The molecule has 2 aromatic heterocycles. The van der Waals surface area contributed by atoms with Gasteiger partial charge in [0.2, 0.25) is 0 Å². The van der Waals surface area contributed by atoms with Crippen molar-refractivity contribution in [3.63, 3.8) is 0 Å². The summed E-state index contributed by atoms with van der Waals surface area (Å²) in [6.45, 7) is 0.198. The number of nitrogens with zero attached hydrogens (tertiary/aromatic N) is 4. The fraction of sp³-hybridized carbons (Fsp3) is 0.143. The Morgan fingerprint density at radius 2 is 1.78 bits per heavy atom. The summed E-state index contributed by atoms with van der Waals surface area (Å²) in [7, 11) is 0. The highest BCUT2D eigenvalue weighted by Gasteiger charge is 2.35. The molecule has 2 amide bonds. The number of amides is 2. The van der Waals surface area contributed by atoms with E-state index in [1.807, 2.05) is 12.1 Å². The zero-order valence-electron chi connectivity index (χ0n) is 19.7.